The summed E-state index contributed by atoms with van der Waals surface area (Å²) in [5.74, 6) is 0.296. The van der Waals surface area contributed by atoms with Crippen molar-refractivity contribution in [1.29, 1.82) is 0 Å². The van der Waals surface area contributed by atoms with Gasteiger partial charge in [0, 0.05) is 44.7 Å². The topological polar surface area (TPSA) is 125 Å². The van der Waals surface area contributed by atoms with Crippen molar-refractivity contribution in [3.8, 4) is 5.69 Å². The van der Waals surface area contributed by atoms with Gasteiger partial charge < -0.3 is 16.0 Å². The van der Waals surface area contributed by atoms with E-state index in [1.54, 1.807) is 17.8 Å². The highest BCUT2D eigenvalue weighted by Gasteiger charge is 2.32. The van der Waals surface area contributed by atoms with Crippen LogP contribution in [0.3, 0.4) is 0 Å². The Balaban J connectivity index is 1.80. The fraction of sp³-hybridized carbons (Fsp3) is 0.464. The zero-order chi connectivity index (χ0) is 28.3. The molecule has 11 heteroatoms. The Labute approximate surface area is 230 Å². The first-order valence-corrected chi connectivity index (χ1v) is 15.2. The molecule has 10 nitrogen and oxygen atoms in total. The largest absolute Gasteiger partial charge is 0.385 e. The first kappa shape index (κ1) is 28.4. The summed E-state index contributed by atoms with van der Waals surface area (Å²) >= 11 is 0. The van der Waals surface area contributed by atoms with Crippen molar-refractivity contribution in [2.24, 2.45) is 5.92 Å². The highest BCUT2D eigenvalue weighted by molar-refractivity contribution is 7.92. The summed E-state index contributed by atoms with van der Waals surface area (Å²) in [5, 5.41) is 14.3. The highest BCUT2D eigenvalue weighted by atomic mass is 32.2. The third-order valence-corrected chi connectivity index (χ3v) is 7.87. The fourth-order valence-electron chi connectivity index (χ4n) is 4.59. The van der Waals surface area contributed by atoms with Gasteiger partial charge in [0.2, 0.25) is 15.9 Å². The van der Waals surface area contributed by atoms with Crippen LogP contribution in [0.4, 0.5) is 11.4 Å². The summed E-state index contributed by atoms with van der Waals surface area (Å²) in [6.07, 6.45) is 3.56. The molecular weight excluding hydrogens is 516 g/mol. The monoisotopic (exact) mass is 554 g/mol. The summed E-state index contributed by atoms with van der Waals surface area (Å²) in [4.78, 5) is 24.4. The van der Waals surface area contributed by atoms with E-state index in [1.807, 2.05) is 30.3 Å². The molecule has 3 aromatic rings. The molecule has 2 amide bonds. The van der Waals surface area contributed by atoms with Gasteiger partial charge in [-0.1, -0.05) is 13.8 Å². The standard InChI is InChI=1S/C28H38N6O4S/c1-18(2)17-31-21-9-11-22(12-10-21)34-27(28(36)29-4)24-15-23(20-7-8-20)26(16-25(24)32-34)33(39(5,37)38)14-6-13-30-19(3)35/h9-12,15-16,18,20,31H,6-8,13-14,17H2,1-5H3,(H,29,36)(H,30,35). The van der Waals surface area contributed by atoms with Crippen LogP contribution in [0.15, 0.2) is 36.4 Å². The first-order chi connectivity index (χ1) is 18.5. The number of rotatable bonds is 12. The minimum absolute atomic E-state index is 0.156. The van der Waals surface area contributed by atoms with Crippen molar-refractivity contribution in [2.45, 2.75) is 46.0 Å². The van der Waals surface area contributed by atoms with E-state index in [-0.39, 0.29) is 24.3 Å². The normalized spacial score (nSPS) is 13.5. The van der Waals surface area contributed by atoms with Crippen LogP contribution in [0.25, 0.3) is 16.6 Å². The fourth-order valence-corrected chi connectivity index (χ4v) is 5.57. The van der Waals surface area contributed by atoms with Crippen molar-refractivity contribution in [1.82, 2.24) is 20.4 Å². The Morgan fingerprint density at radius 1 is 1.15 bits per heavy atom. The molecule has 1 aromatic heterocycles. The van der Waals surface area contributed by atoms with Crippen molar-refractivity contribution in [3.63, 3.8) is 0 Å². The lowest BCUT2D eigenvalue weighted by Crippen LogP contribution is -2.34. The summed E-state index contributed by atoms with van der Waals surface area (Å²) in [7, 11) is -2.02. The lowest BCUT2D eigenvalue weighted by molar-refractivity contribution is -0.118. The second kappa shape index (κ2) is 11.6. The SMILES string of the molecule is CNC(=O)c1c2cc(C3CC3)c(N(CCCNC(C)=O)S(C)(=O)=O)cc2nn1-c1ccc(NCC(C)C)cc1. The maximum Gasteiger partial charge on any atom is 0.270 e. The molecule has 0 atom stereocenters. The first-order valence-electron chi connectivity index (χ1n) is 13.3. The summed E-state index contributed by atoms with van der Waals surface area (Å²) < 4.78 is 28.8. The molecule has 1 saturated carbocycles. The Morgan fingerprint density at radius 2 is 1.85 bits per heavy atom. The molecule has 3 N–H and O–H groups in total. The van der Waals surface area contributed by atoms with E-state index in [2.05, 4.69) is 29.8 Å². The van der Waals surface area contributed by atoms with Crippen molar-refractivity contribution in [2.75, 3.05) is 42.6 Å². The molecular formula is C28H38N6O4S. The predicted molar refractivity (Wildman–Crippen MR) is 155 cm³/mol. The number of sulfonamides is 1. The predicted octanol–water partition coefficient (Wildman–Crippen LogP) is 3.62. The van der Waals surface area contributed by atoms with Crippen molar-refractivity contribution < 1.29 is 18.0 Å². The molecule has 4 rings (SSSR count). The number of carbonyl (C=O) groups excluding carboxylic acids is 2. The molecule has 1 aliphatic rings. The maximum absolute atomic E-state index is 13.1. The summed E-state index contributed by atoms with van der Waals surface area (Å²) in [6.45, 7) is 7.17. The molecule has 0 aliphatic heterocycles. The van der Waals surface area contributed by atoms with Crippen LogP contribution in [0.1, 0.15) is 62.0 Å². The number of nitrogens with one attached hydrogen (secondary N) is 3. The molecule has 2 aromatic carbocycles. The number of fused-ring (bicyclic) bond motifs is 1. The number of hydrogen-bond donors (Lipinski definition) is 3. The molecule has 210 valence electrons. The minimum Gasteiger partial charge on any atom is -0.385 e. The number of amides is 2. The second-order valence-corrected chi connectivity index (χ2v) is 12.4. The van der Waals surface area contributed by atoms with Gasteiger partial charge in [-0.3, -0.25) is 13.9 Å². The van der Waals surface area contributed by atoms with Crippen LogP contribution in [0.5, 0.6) is 0 Å². The van der Waals surface area contributed by atoms with Gasteiger partial charge in [0.25, 0.3) is 5.91 Å². The molecule has 1 aliphatic carbocycles. The minimum atomic E-state index is -3.61. The van der Waals surface area contributed by atoms with E-state index in [0.29, 0.717) is 41.2 Å². The van der Waals surface area contributed by atoms with Crippen LogP contribution in [0.2, 0.25) is 0 Å². The summed E-state index contributed by atoms with van der Waals surface area (Å²) in [6, 6.07) is 11.5. The Bertz CT molecular complexity index is 1460. The van der Waals surface area contributed by atoms with Gasteiger partial charge >= 0.3 is 0 Å². The van der Waals surface area contributed by atoms with Gasteiger partial charge in [-0.05, 0) is 73.1 Å². The average molecular weight is 555 g/mol. The maximum atomic E-state index is 13.1. The number of anilines is 2. The molecule has 39 heavy (non-hydrogen) atoms. The van der Waals surface area contributed by atoms with Gasteiger partial charge in [0.15, 0.2) is 0 Å². The third-order valence-electron chi connectivity index (χ3n) is 6.69. The van der Waals surface area contributed by atoms with E-state index < -0.39 is 10.0 Å². The lowest BCUT2D eigenvalue weighted by Gasteiger charge is -2.25. The van der Waals surface area contributed by atoms with Gasteiger partial charge in [-0.15, -0.1) is 0 Å². The lowest BCUT2D eigenvalue weighted by atomic mass is 10.0. The van der Waals surface area contributed by atoms with E-state index >= 15 is 0 Å². The molecule has 0 saturated heterocycles. The number of benzene rings is 2. The van der Waals surface area contributed by atoms with E-state index in [0.717, 1.165) is 36.3 Å². The van der Waals surface area contributed by atoms with E-state index in [4.69, 9.17) is 5.10 Å². The average Bonchev–Trinajstić information content (AvgIpc) is 3.66. The smallest absolute Gasteiger partial charge is 0.270 e. The molecule has 1 fully saturated rings. The Hall–Kier alpha value is -3.60. The van der Waals surface area contributed by atoms with E-state index in [9.17, 15) is 18.0 Å². The number of hydrogen-bond acceptors (Lipinski definition) is 6. The van der Waals surface area contributed by atoms with Crippen LogP contribution in [-0.4, -0.2) is 63.0 Å². The third kappa shape index (κ3) is 6.70. The molecule has 1 heterocycles. The van der Waals surface area contributed by atoms with Crippen LogP contribution < -0.4 is 20.3 Å². The zero-order valence-corrected chi connectivity index (χ0v) is 24.1. The van der Waals surface area contributed by atoms with Crippen LogP contribution >= 0.6 is 0 Å². The van der Waals surface area contributed by atoms with Crippen molar-refractivity contribution >= 4 is 44.1 Å². The number of carbonyl (C=O) groups is 2. The van der Waals surface area contributed by atoms with Gasteiger partial charge in [0.1, 0.15) is 5.69 Å². The van der Waals surface area contributed by atoms with Crippen molar-refractivity contribution in [3.05, 3.63) is 47.7 Å². The quantitative estimate of drug-likeness (QED) is 0.294. The van der Waals surface area contributed by atoms with Gasteiger partial charge in [-0.2, -0.15) is 5.10 Å². The second-order valence-electron chi connectivity index (χ2n) is 10.5. The molecule has 0 bridgehead atoms. The molecule has 0 spiro atoms. The van der Waals surface area contributed by atoms with E-state index in [1.165, 1.54) is 17.5 Å². The molecule has 0 unspecified atom stereocenters. The summed E-state index contributed by atoms with van der Waals surface area (Å²) in [5.41, 5.74) is 4.12. The van der Waals surface area contributed by atoms with Gasteiger partial charge in [-0.25, -0.2) is 13.1 Å². The Kier molecular flexibility index (Phi) is 8.48. The van der Waals surface area contributed by atoms with Crippen LogP contribution in [-0.2, 0) is 14.8 Å². The number of aromatic nitrogens is 2. The zero-order valence-electron chi connectivity index (χ0n) is 23.2. The highest BCUT2D eigenvalue weighted by Crippen LogP contribution is 2.46. The van der Waals surface area contributed by atoms with Crippen LogP contribution in [0, 0.1) is 5.92 Å². The molecule has 0 radical (unpaired) electrons. The van der Waals surface area contributed by atoms with Gasteiger partial charge in [0.05, 0.1) is 23.1 Å². The Morgan fingerprint density at radius 3 is 2.41 bits per heavy atom. The number of nitrogens with zero attached hydrogens (tertiary/aromatic N) is 3.